The number of halogens is 2. The molecule has 3 atom stereocenters. The number of alkyl halides is 2. The zero-order valence-corrected chi connectivity index (χ0v) is 21.0. The van der Waals surface area contributed by atoms with Crippen molar-refractivity contribution in [2.45, 2.75) is 22.7 Å². The van der Waals surface area contributed by atoms with Gasteiger partial charge in [0, 0.05) is 11.8 Å². The van der Waals surface area contributed by atoms with Gasteiger partial charge in [0.25, 0.3) is 0 Å². The van der Waals surface area contributed by atoms with Gasteiger partial charge in [-0.05, 0) is 41.3 Å². The molecule has 36 heavy (non-hydrogen) atoms. The number of likely N-dealkylation sites (tertiary alicyclic amines) is 1. The summed E-state index contributed by atoms with van der Waals surface area (Å²) in [7, 11) is 1.53. The largest absolute Gasteiger partial charge is 0.497 e. The molecular weight excluding hydrogens is 499 g/mol. The Kier molecular flexibility index (Phi) is 5.01. The van der Waals surface area contributed by atoms with E-state index in [1.165, 1.54) is 14.0 Å². The molecule has 2 bridgehead atoms. The molecule has 8 heteroatoms. The molecule has 1 aliphatic heterocycles. The average molecular weight is 521 g/mol. The van der Waals surface area contributed by atoms with Gasteiger partial charge in [0.05, 0.1) is 18.9 Å². The highest BCUT2D eigenvalue weighted by Gasteiger charge is 2.73. The van der Waals surface area contributed by atoms with Crippen LogP contribution in [0.15, 0.2) is 72.8 Å². The van der Waals surface area contributed by atoms with Crippen LogP contribution >= 0.6 is 23.2 Å². The maximum Gasteiger partial charge on any atom is 0.247 e. The number of anilines is 1. The molecule has 1 fully saturated rings. The first-order valence-electron chi connectivity index (χ1n) is 11.6. The number of hydrogen-bond acceptors (Lipinski definition) is 4. The first-order valence-corrected chi connectivity index (χ1v) is 12.4. The molecule has 7 rings (SSSR count). The lowest BCUT2D eigenvalue weighted by Gasteiger charge is -2.54. The van der Waals surface area contributed by atoms with Gasteiger partial charge in [0.1, 0.15) is 21.5 Å². The molecule has 6 nitrogen and oxygen atoms in total. The normalized spacial score (nSPS) is 28.3. The highest BCUT2D eigenvalue weighted by Crippen LogP contribution is 2.69. The van der Waals surface area contributed by atoms with Gasteiger partial charge in [-0.15, -0.1) is 23.2 Å². The van der Waals surface area contributed by atoms with Crippen LogP contribution in [0.1, 0.15) is 29.2 Å². The maximum absolute atomic E-state index is 14.0. The molecule has 1 heterocycles. The van der Waals surface area contributed by atoms with Crippen molar-refractivity contribution in [2.24, 2.45) is 11.8 Å². The number of nitrogens with zero attached hydrogens (tertiary/aromatic N) is 1. The molecule has 3 amide bonds. The molecule has 1 N–H and O–H groups in total. The minimum atomic E-state index is -1.28. The summed E-state index contributed by atoms with van der Waals surface area (Å²) in [5.41, 5.74) is 3.37. The number of carbonyl (C=O) groups is 3. The summed E-state index contributed by atoms with van der Waals surface area (Å²) < 4.78 is 5.21. The number of rotatable bonds is 4. The second-order valence-corrected chi connectivity index (χ2v) is 10.6. The molecule has 3 aromatic rings. The van der Waals surface area contributed by atoms with Gasteiger partial charge >= 0.3 is 0 Å². The van der Waals surface area contributed by atoms with Crippen LogP contribution in [0.2, 0.25) is 0 Å². The van der Waals surface area contributed by atoms with Crippen LogP contribution in [0.25, 0.3) is 0 Å². The fourth-order valence-corrected chi connectivity index (χ4v) is 7.23. The summed E-state index contributed by atoms with van der Waals surface area (Å²) in [6.07, 6.45) is 0. The second-order valence-electron chi connectivity index (χ2n) is 9.41. The topological polar surface area (TPSA) is 75.7 Å². The minimum absolute atomic E-state index is 0.491. The van der Waals surface area contributed by atoms with Gasteiger partial charge < -0.3 is 10.1 Å². The van der Waals surface area contributed by atoms with Gasteiger partial charge in [-0.1, -0.05) is 54.6 Å². The molecule has 182 valence electrons. The van der Waals surface area contributed by atoms with Crippen LogP contribution in [0.3, 0.4) is 0 Å². The summed E-state index contributed by atoms with van der Waals surface area (Å²) in [4.78, 5) is 39.6. The second kappa shape index (κ2) is 7.82. The fourth-order valence-electron chi connectivity index (χ4n) is 6.14. The number of nitrogens with one attached hydrogen (secondary N) is 1. The number of amides is 3. The predicted octanol–water partition coefficient (Wildman–Crippen LogP) is 4.62. The third-order valence-electron chi connectivity index (χ3n) is 7.72. The number of benzene rings is 3. The Labute approximate surface area is 218 Å². The van der Waals surface area contributed by atoms with E-state index in [-0.39, 0.29) is 0 Å². The van der Waals surface area contributed by atoms with Gasteiger partial charge in [0.2, 0.25) is 17.7 Å². The number of methoxy groups -OCH3 is 1. The lowest BCUT2D eigenvalue weighted by atomic mass is 9.54. The summed E-state index contributed by atoms with van der Waals surface area (Å²) >= 11 is 14.8. The molecular formula is C28H22Cl2N2O4. The first-order chi connectivity index (χ1) is 17.2. The lowest BCUT2D eigenvalue weighted by Crippen LogP contribution is -2.57. The fraction of sp³-hybridized carbons (Fsp3) is 0.250. The zero-order valence-electron chi connectivity index (χ0n) is 19.5. The molecule has 0 unspecified atom stereocenters. The van der Waals surface area contributed by atoms with Crippen molar-refractivity contribution in [2.75, 3.05) is 12.4 Å². The monoisotopic (exact) mass is 520 g/mol. The first kappa shape index (κ1) is 23.1. The maximum atomic E-state index is 14.0. The minimum Gasteiger partial charge on any atom is -0.497 e. The van der Waals surface area contributed by atoms with Crippen LogP contribution < -0.4 is 10.1 Å². The van der Waals surface area contributed by atoms with E-state index in [0.717, 1.165) is 27.2 Å². The van der Waals surface area contributed by atoms with Crippen molar-refractivity contribution < 1.29 is 19.1 Å². The summed E-state index contributed by atoms with van der Waals surface area (Å²) in [5, 5.41) is 2.78. The van der Waals surface area contributed by atoms with Crippen LogP contribution in [-0.2, 0) is 24.1 Å². The predicted molar refractivity (Wildman–Crippen MR) is 136 cm³/mol. The third kappa shape index (κ3) is 2.77. The van der Waals surface area contributed by atoms with Gasteiger partial charge in [0.15, 0.2) is 0 Å². The number of hydrogen-bond donors (Lipinski definition) is 1. The molecule has 0 radical (unpaired) electrons. The number of imide groups is 1. The van der Waals surface area contributed by atoms with E-state index in [2.05, 4.69) is 5.32 Å². The van der Waals surface area contributed by atoms with Crippen molar-refractivity contribution in [1.29, 1.82) is 0 Å². The Bertz CT molecular complexity index is 1330. The molecule has 1 saturated heterocycles. The summed E-state index contributed by atoms with van der Waals surface area (Å²) in [6, 6.07) is 20.6. The van der Waals surface area contributed by atoms with Crippen LogP contribution in [0.4, 0.5) is 5.69 Å². The molecule has 3 aliphatic carbocycles. The summed E-state index contributed by atoms with van der Waals surface area (Å²) in [6.45, 7) is 1.53. The molecule has 3 aromatic carbocycles. The zero-order chi connectivity index (χ0) is 25.4. The molecule has 0 saturated carbocycles. The van der Waals surface area contributed by atoms with Crippen molar-refractivity contribution in [3.63, 3.8) is 0 Å². The Balaban J connectivity index is 1.43. The Morgan fingerprint density at radius 3 is 1.78 bits per heavy atom. The van der Waals surface area contributed by atoms with E-state index in [0.29, 0.717) is 11.4 Å². The van der Waals surface area contributed by atoms with Crippen molar-refractivity contribution >= 4 is 46.6 Å². The third-order valence-corrected chi connectivity index (χ3v) is 9.01. The van der Waals surface area contributed by atoms with E-state index < -0.39 is 45.3 Å². The van der Waals surface area contributed by atoms with Crippen LogP contribution in [0, 0.1) is 11.8 Å². The average Bonchev–Trinajstić information content (AvgIpc) is 3.17. The summed E-state index contributed by atoms with van der Waals surface area (Å²) in [5.74, 6) is -2.81. The van der Waals surface area contributed by atoms with E-state index >= 15 is 0 Å². The Morgan fingerprint density at radius 1 is 0.861 bits per heavy atom. The highest BCUT2D eigenvalue weighted by molar-refractivity contribution is 6.36. The van der Waals surface area contributed by atoms with E-state index in [4.69, 9.17) is 27.9 Å². The standard InChI is InChI=1S/C28H22Cl2N2O4/c1-15(24(33)31-16-8-7-9-17(14-16)36-2)32-25(34)22-23(26(32)35)28(30)19-11-4-3-10-18(19)27(22,29)20-12-5-6-13-21(20)28/h3-15,22-23H,1-2H3,(H,31,33)/t15-,22+,23+,27?,28?/m0/s1. The lowest BCUT2D eigenvalue weighted by molar-refractivity contribution is -0.146. The SMILES string of the molecule is COc1cccc(NC(=O)[C@H](C)N2C(=O)[C@H]3[C@H](C2=O)C2(Cl)c4ccccc4C3(Cl)c3ccccc32)c1. The van der Waals surface area contributed by atoms with Gasteiger partial charge in [-0.3, -0.25) is 19.3 Å². The smallest absolute Gasteiger partial charge is 0.247 e. The van der Waals surface area contributed by atoms with E-state index in [1.807, 2.05) is 48.5 Å². The van der Waals surface area contributed by atoms with Crippen LogP contribution in [-0.4, -0.2) is 35.8 Å². The molecule has 0 spiro atoms. The molecule has 4 aliphatic rings. The van der Waals surface area contributed by atoms with Gasteiger partial charge in [-0.2, -0.15) is 0 Å². The van der Waals surface area contributed by atoms with Crippen molar-refractivity contribution in [1.82, 2.24) is 4.90 Å². The highest BCUT2D eigenvalue weighted by atomic mass is 35.5. The number of ether oxygens (including phenoxy) is 1. The van der Waals surface area contributed by atoms with Gasteiger partial charge in [-0.25, -0.2) is 0 Å². The Morgan fingerprint density at radius 2 is 1.33 bits per heavy atom. The van der Waals surface area contributed by atoms with E-state index in [1.54, 1.807) is 24.3 Å². The van der Waals surface area contributed by atoms with E-state index in [9.17, 15) is 14.4 Å². The molecule has 0 aromatic heterocycles. The quantitative estimate of drug-likeness (QED) is 0.402. The van der Waals surface area contributed by atoms with Crippen LogP contribution in [0.5, 0.6) is 5.75 Å². The van der Waals surface area contributed by atoms with Crippen molar-refractivity contribution in [3.8, 4) is 5.75 Å². The Hall–Kier alpha value is -3.35. The van der Waals surface area contributed by atoms with Crippen molar-refractivity contribution in [3.05, 3.63) is 95.1 Å². The number of carbonyl (C=O) groups excluding carboxylic acids is 3.